The molecule has 1 aromatic rings. The average Bonchev–Trinajstić information content (AvgIpc) is 2.29. The summed E-state index contributed by atoms with van der Waals surface area (Å²) < 4.78 is 26.7. The van der Waals surface area contributed by atoms with Crippen LogP contribution in [-0.4, -0.2) is 36.5 Å². The van der Waals surface area contributed by atoms with Crippen LogP contribution >= 0.6 is 0 Å². The zero-order chi connectivity index (χ0) is 15.7. The average molecular weight is 300 g/mol. The van der Waals surface area contributed by atoms with Crippen molar-refractivity contribution >= 4 is 15.7 Å². The highest BCUT2D eigenvalue weighted by molar-refractivity contribution is 7.89. The number of aryl methyl sites for hydroxylation is 1. The van der Waals surface area contributed by atoms with Crippen molar-refractivity contribution in [1.82, 2.24) is 4.31 Å². The number of aliphatic hydroxyl groups is 1. The molecule has 3 N–H and O–H groups in total. The lowest BCUT2D eigenvalue weighted by atomic mass is 10.1. The minimum Gasteiger partial charge on any atom is -0.398 e. The molecule has 6 heteroatoms. The van der Waals surface area contributed by atoms with Crippen LogP contribution in [-0.2, 0) is 10.0 Å². The van der Waals surface area contributed by atoms with Crippen LogP contribution in [0.3, 0.4) is 0 Å². The minimum atomic E-state index is -3.67. The second-order valence-electron chi connectivity index (χ2n) is 5.72. The topological polar surface area (TPSA) is 83.6 Å². The molecule has 0 bridgehead atoms. The van der Waals surface area contributed by atoms with E-state index in [1.54, 1.807) is 46.8 Å². The van der Waals surface area contributed by atoms with Crippen molar-refractivity contribution in [2.45, 2.75) is 45.1 Å². The fraction of sp³-hybridized carbons (Fsp3) is 0.571. The number of rotatable bonds is 5. The first-order valence-corrected chi connectivity index (χ1v) is 8.02. The molecule has 1 rings (SSSR count). The Bertz CT molecular complexity index is 589. The van der Waals surface area contributed by atoms with Crippen LogP contribution in [0.15, 0.2) is 17.0 Å². The maximum atomic E-state index is 12.7. The fourth-order valence-electron chi connectivity index (χ4n) is 2.06. The lowest BCUT2D eigenvalue weighted by Gasteiger charge is -2.28. The molecule has 0 aliphatic carbocycles. The molecule has 0 fully saturated rings. The summed E-state index contributed by atoms with van der Waals surface area (Å²) in [6, 6.07) is 3.37. The van der Waals surface area contributed by atoms with E-state index >= 15 is 0 Å². The van der Waals surface area contributed by atoms with E-state index in [2.05, 4.69) is 0 Å². The molecular formula is C14H24N2O3S. The number of benzene rings is 1. The molecular weight excluding hydrogens is 276 g/mol. The summed E-state index contributed by atoms with van der Waals surface area (Å²) in [6.45, 7) is 8.75. The zero-order valence-corrected chi connectivity index (χ0v) is 13.6. The lowest BCUT2D eigenvalue weighted by molar-refractivity contribution is 0.0601. The van der Waals surface area contributed by atoms with Gasteiger partial charge in [-0.1, -0.05) is 6.92 Å². The van der Waals surface area contributed by atoms with Gasteiger partial charge in [0.1, 0.15) is 0 Å². The Kier molecular flexibility index (Phi) is 4.84. The van der Waals surface area contributed by atoms with E-state index in [4.69, 9.17) is 5.73 Å². The van der Waals surface area contributed by atoms with Gasteiger partial charge in [0.05, 0.1) is 10.5 Å². The van der Waals surface area contributed by atoms with Gasteiger partial charge in [0.25, 0.3) is 0 Å². The third-order valence-electron chi connectivity index (χ3n) is 3.08. The summed E-state index contributed by atoms with van der Waals surface area (Å²) in [5, 5.41) is 9.88. The zero-order valence-electron chi connectivity index (χ0n) is 12.8. The first-order chi connectivity index (χ1) is 8.99. The smallest absolute Gasteiger partial charge is 0.243 e. The van der Waals surface area contributed by atoms with Crippen molar-refractivity contribution in [2.24, 2.45) is 0 Å². The lowest BCUT2D eigenvalue weighted by Crippen LogP contribution is -2.42. The molecule has 0 saturated carbocycles. The van der Waals surface area contributed by atoms with Crippen LogP contribution in [0.4, 0.5) is 5.69 Å². The van der Waals surface area contributed by atoms with E-state index in [9.17, 15) is 13.5 Å². The Morgan fingerprint density at radius 1 is 1.30 bits per heavy atom. The van der Waals surface area contributed by atoms with E-state index in [-0.39, 0.29) is 11.4 Å². The van der Waals surface area contributed by atoms with E-state index in [0.29, 0.717) is 17.8 Å². The second kappa shape index (κ2) is 5.71. The normalized spacial score (nSPS) is 12.9. The van der Waals surface area contributed by atoms with Gasteiger partial charge >= 0.3 is 0 Å². The molecule has 0 saturated heterocycles. The molecule has 0 unspecified atom stereocenters. The summed E-state index contributed by atoms with van der Waals surface area (Å²) in [5.41, 5.74) is 6.57. The summed E-state index contributed by atoms with van der Waals surface area (Å²) >= 11 is 0. The van der Waals surface area contributed by atoms with Crippen LogP contribution < -0.4 is 5.73 Å². The third kappa shape index (κ3) is 3.71. The highest BCUT2D eigenvalue weighted by atomic mass is 32.2. The van der Waals surface area contributed by atoms with Crippen LogP contribution in [0.1, 0.15) is 31.9 Å². The van der Waals surface area contributed by atoms with E-state index in [1.165, 1.54) is 4.31 Å². The number of nitrogens with zero attached hydrogens (tertiary/aromatic N) is 1. The van der Waals surface area contributed by atoms with Crippen molar-refractivity contribution in [3.63, 3.8) is 0 Å². The molecule has 0 radical (unpaired) electrons. The first kappa shape index (κ1) is 16.9. The van der Waals surface area contributed by atoms with Gasteiger partial charge in [-0.3, -0.25) is 0 Å². The largest absolute Gasteiger partial charge is 0.398 e. The Labute approximate surface area is 121 Å². The maximum Gasteiger partial charge on any atom is 0.243 e. The van der Waals surface area contributed by atoms with E-state index in [1.807, 2.05) is 0 Å². The Hall–Kier alpha value is -1.11. The molecule has 0 heterocycles. The number of anilines is 1. The number of hydrogen-bond donors (Lipinski definition) is 2. The van der Waals surface area contributed by atoms with Crippen molar-refractivity contribution in [3.05, 3.63) is 23.3 Å². The predicted molar refractivity (Wildman–Crippen MR) is 81.1 cm³/mol. The molecule has 20 heavy (non-hydrogen) atoms. The quantitative estimate of drug-likeness (QED) is 0.810. The van der Waals surface area contributed by atoms with Crippen molar-refractivity contribution in [2.75, 3.05) is 18.8 Å². The summed E-state index contributed by atoms with van der Waals surface area (Å²) in [5.74, 6) is 0. The van der Waals surface area contributed by atoms with Gasteiger partial charge < -0.3 is 10.8 Å². The SMILES string of the molecule is CCN(CC(C)(C)O)S(=O)(=O)c1cc(C)cc(N)c1C. The molecule has 114 valence electrons. The van der Waals surface area contributed by atoms with Gasteiger partial charge in [0.2, 0.25) is 10.0 Å². The molecule has 0 aromatic heterocycles. The van der Waals surface area contributed by atoms with Crippen LogP contribution in [0.5, 0.6) is 0 Å². The van der Waals surface area contributed by atoms with Gasteiger partial charge in [-0.25, -0.2) is 8.42 Å². The predicted octanol–water partition coefficient (Wildman–Crippen LogP) is 1.67. The number of likely N-dealkylation sites (N-methyl/N-ethyl adjacent to an activating group) is 1. The third-order valence-corrected chi connectivity index (χ3v) is 5.13. The van der Waals surface area contributed by atoms with Crippen LogP contribution in [0, 0.1) is 13.8 Å². The maximum absolute atomic E-state index is 12.7. The highest BCUT2D eigenvalue weighted by Gasteiger charge is 2.30. The molecule has 1 aromatic carbocycles. The van der Waals surface area contributed by atoms with Crippen LogP contribution in [0.2, 0.25) is 0 Å². The van der Waals surface area contributed by atoms with Crippen LogP contribution in [0.25, 0.3) is 0 Å². The minimum absolute atomic E-state index is 0.0408. The Morgan fingerprint density at radius 3 is 2.30 bits per heavy atom. The Morgan fingerprint density at radius 2 is 1.85 bits per heavy atom. The summed E-state index contributed by atoms with van der Waals surface area (Å²) in [6.07, 6.45) is 0. The monoisotopic (exact) mass is 300 g/mol. The standard InChI is InChI=1S/C14H24N2O3S/c1-6-16(9-14(4,5)17)20(18,19)13-8-10(2)7-12(15)11(13)3/h7-8,17H,6,9,15H2,1-5H3. The molecule has 0 spiro atoms. The second-order valence-corrected chi connectivity index (χ2v) is 7.63. The Balaban J connectivity index is 3.35. The summed E-state index contributed by atoms with van der Waals surface area (Å²) in [4.78, 5) is 0.209. The molecule has 0 atom stereocenters. The molecule has 5 nitrogen and oxygen atoms in total. The van der Waals surface area contributed by atoms with Gasteiger partial charge in [-0.2, -0.15) is 4.31 Å². The van der Waals surface area contributed by atoms with Gasteiger partial charge in [-0.15, -0.1) is 0 Å². The first-order valence-electron chi connectivity index (χ1n) is 6.58. The fourth-order valence-corrected chi connectivity index (χ4v) is 4.00. The molecule has 0 aliphatic heterocycles. The number of nitrogen functional groups attached to an aromatic ring is 1. The van der Waals surface area contributed by atoms with E-state index < -0.39 is 15.6 Å². The number of hydrogen-bond acceptors (Lipinski definition) is 4. The molecule has 0 amide bonds. The number of nitrogens with two attached hydrogens (primary N) is 1. The van der Waals surface area contributed by atoms with Crippen molar-refractivity contribution < 1.29 is 13.5 Å². The number of sulfonamides is 1. The van der Waals surface area contributed by atoms with Crippen molar-refractivity contribution in [1.29, 1.82) is 0 Å². The van der Waals surface area contributed by atoms with Gasteiger partial charge in [0.15, 0.2) is 0 Å². The molecule has 0 aliphatic rings. The van der Waals surface area contributed by atoms with Gasteiger partial charge in [0, 0.05) is 18.8 Å². The highest BCUT2D eigenvalue weighted by Crippen LogP contribution is 2.26. The van der Waals surface area contributed by atoms with Gasteiger partial charge in [-0.05, 0) is 51.0 Å². The van der Waals surface area contributed by atoms with Crippen molar-refractivity contribution in [3.8, 4) is 0 Å². The van der Waals surface area contributed by atoms with E-state index in [0.717, 1.165) is 5.56 Å². The summed E-state index contributed by atoms with van der Waals surface area (Å²) in [7, 11) is -3.67.